The van der Waals surface area contributed by atoms with Gasteiger partial charge in [0.2, 0.25) is 5.88 Å². The van der Waals surface area contributed by atoms with Gasteiger partial charge in [0.1, 0.15) is 5.75 Å². The van der Waals surface area contributed by atoms with Gasteiger partial charge in [0.25, 0.3) is 0 Å². The first-order valence-electron chi connectivity index (χ1n) is 5.37. The lowest BCUT2D eigenvalue weighted by atomic mass is 10.1. The second-order valence-electron chi connectivity index (χ2n) is 3.89. The highest BCUT2D eigenvalue weighted by Crippen LogP contribution is 2.24. The zero-order valence-corrected chi connectivity index (χ0v) is 9.84. The second-order valence-corrected chi connectivity index (χ2v) is 3.89. The summed E-state index contributed by atoms with van der Waals surface area (Å²) in [5.74, 6) is 1.20. The third kappa shape index (κ3) is 2.79. The van der Waals surface area contributed by atoms with Crippen LogP contribution in [0.3, 0.4) is 0 Å². The van der Waals surface area contributed by atoms with Crippen LogP contribution in [0, 0.1) is 13.8 Å². The molecule has 0 fully saturated rings. The largest absolute Gasteiger partial charge is 0.437 e. The molecular weight excluding hydrogens is 216 g/mol. The maximum Gasteiger partial charge on any atom is 0.238 e. The number of aliphatic hydroxyl groups excluding tert-OH is 1. The van der Waals surface area contributed by atoms with Crippen LogP contribution in [-0.4, -0.2) is 15.3 Å². The summed E-state index contributed by atoms with van der Waals surface area (Å²) in [6, 6.07) is 9.37. The van der Waals surface area contributed by atoms with Crippen molar-refractivity contribution >= 4 is 0 Å². The maximum atomic E-state index is 8.86. The number of hydrogen-bond donors (Lipinski definition) is 1. The molecule has 1 aromatic heterocycles. The number of hydrogen-bond acceptors (Lipinski definition) is 4. The van der Waals surface area contributed by atoms with Crippen LogP contribution in [-0.2, 0) is 6.61 Å². The van der Waals surface area contributed by atoms with Crippen LogP contribution in [0.4, 0.5) is 0 Å². The van der Waals surface area contributed by atoms with Gasteiger partial charge in [0, 0.05) is 6.07 Å². The highest BCUT2D eigenvalue weighted by Gasteiger charge is 2.03. The van der Waals surface area contributed by atoms with Gasteiger partial charge in [0.05, 0.1) is 12.3 Å². The Morgan fingerprint density at radius 2 is 1.94 bits per heavy atom. The standard InChI is InChI=1S/C13H14N2O2/c1-9-3-4-10(2)12(7-9)17-13-6-5-11(8-16)14-15-13/h3-7,16H,8H2,1-2H3. The Kier molecular flexibility index (Phi) is 3.35. The summed E-state index contributed by atoms with van der Waals surface area (Å²) >= 11 is 0. The van der Waals surface area contributed by atoms with E-state index in [9.17, 15) is 0 Å². The summed E-state index contributed by atoms with van der Waals surface area (Å²) < 4.78 is 5.63. The van der Waals surface area contributed by atoms with Crippen molar-refractivity contribution in [1.29, 1.82) is 0 Å². The molecule has 0 bridgehead atoms. The average Bonchev–Trinajstić information content (AvgIpc) is 2.35. The summed E-state index contributed by atoms with van der Waals surface area (Å²) in [5, 5.41) is 16.6. The zero-order valence-electron chi connectivity index (χ0n) is 9.84. The van der Waals surface area contributed by atoms with Crippen LogP contribution in [0.15, 0.2) is 30.3 Å². The van der Waals surface area contributed by atoms with E-state index in [0.717, 1.165) is 16.9 Å². The van der Waals surface area contributed by atoms with Crippen molar-refractivity contribution in [2.45, 2.75) is 20.5 Å². The predicted octanol–water partition coefficient (Wildman–Crippen LogP) is 2.38. The van der Waals surface area contributed by atoms with E-state index in [2.05, 4.69) is 10.2 Å². The molecule has 0 saturated heterocycles. The minimum absolute atomic E-state index is 0.114. The lowest BCUT2D eigenvalue weighted by Crippen LogP contribution is -1.96. The molecule has 4 nitrogen and oxygen atoms in total. The van der Waals surface area contributed by atoms with Crippen LogP contribution >= 0.6 is 0 Å². The molecule has 0 aliphatic rings. The molecule has 4 heteroatoms. The highest BCUT2D eigenvalue weighted by molar-refractivity contribution is 5.38. The van der Waals surface area contributed by atoms with Gasteiger partial charge in [-0.2, -0.15) is 0 Å². The van der Waals surface area contributed by atoms with Gasteiger partial charge >= 0.3 is 0 Å². The summed E-state index contributed by atoms with van der Waals surface area (Å²) in [4.78, 5) is 0. The molecule has 1 heterocycles. The highest BCUT2D eigenvalue weighted by atomic mass is 16.5. The van der Waals surface area contributed by atoms with Gasteiger partial charge in [-0.05, 0) is 37.1 Å². The van der Waals surface area contributed by atoms with Crippen molar-refractivity contribution < 1.29 is 9.84 Å². The number of aryl methyl sites for hydroxylation is 2. The Balaban J connectivity index is 2.22. The van der Waals surface area contributed by atoms with Gasteiger partial charge in [-0.3, -0.25) is 0 Å². The topological polar surface area (TPSA) is 55.2 Å². The Morgan fingerprint density at radius 3 is 2.59 bits per heavy atom. The molecule has 1 N–H and O–H groups in total. The van der Waals surface area contributed by atoms with Crippen LogP contribution < -0.4 is 4.74 Å². The maximum absolute atomic E-state index is 8.86. The first-order valence-corrected chi connectivity index (χ1v) is 5.37. The molecule has 17 heavy (non-hydrogen) atoms. The molecule has 0 saturated carbocycles. The fourth-order valence-electron chi connectivity index (χ4n) is 1.42. The second kappa shape index (κ2) is 4.93. The molecule has 0 aliphatic carbocycles. The third-order valence-electron chi connectivity index (χ3n) is 2.42. The van der Waals surface area contributed by atoms with E-state index >= 15 is 0 Å². The Hall–Kier alpha value is -1.94. The minimum atomic E-state index is -0.114. The molecule has 2 aromatic rings. The van der Waals surface area contributed by atoms with Gasteiger partial charge < -0.3 is 9.84 Å². The van der Waals surface area contributed by atoms with Gasteiger partial charge in [-0.25, -0.2) is 0 Å². The van der Waals surface area contributed by atoms with Gasteiger partial charge in [0.15, 0.2) is 0 Å². The number of rotatable bonds is 3. The Morgan fingerprint density at radius 1 is 1.12 bits per heavy atom. The van der Waals surface area contributed by atoms with Crippen LogP contribution in [0.1, 0.15) is 16.8 Å². The monoisotopic (exact) mass is 230 g/mol. The van der Waals surface area contributed by atoms with Crippen molar-refractivity contribution in [3.63, 3.8) is 0 Å². The molecular formula is C13H14N2O2. The molecule has 0 unspecified atom stereocenters. The van der Waals surface area contributed by atoms with E-state index in [0.29, 0.717) is 11.6 Å². The van der Waals surface area contributed by atoms with Crippen molar-refractivity contribution in [3.05, 3.63) is 47.2 Å². The predicted molar refractivity (Wildman–Crippen MR) is 63.9 cm³/mol. The number of ether oxygens (including phenoxy) is 1. The third-order valence-corrected chi connectivity index (χ3v) is 2.42. The van der Waals surface area contributed by atoms with Crippen LogP contribution in [0.5, 0.6) is 11.6 Å². The molecule has 0 radical (unpaired) electrons. The lowest BCUT2D eigenvalue weighted by Gasteiger charge is -2.08. The molecule has 0 aliphatic heterocycles. The number of benzene rings is 1. The molecule has 0 spiro atoms. The van der Waals surface area contributed by atoms with Crippen LogP contribution in [0.25, 0.3) is 0 Å². The minimum Gasteiger partial charge on any atom is -0.437 e. The Bertz CT molecular complexity index is 509. The SMILES string of the molecule is Cc1ccc(C)c(Oc2ccc(CO)nn2)c1. The number of nitrogens with zero attached hydrogens (tertiary/aromatic N) is 2. The van der Waals surface area contributed by atoms with Crippen molar-refractivity contribution in [3.8, 4) is 11.6 Å². The number of aromatic nitrogens is 2. The van der Waals surface area contributed by atoms with Gasteiger partial charge in [-0.15, -0.1) is 10.2 Å². The smallest absolute Gasteiger partial charge is 0.238 e. The lowest BCUT2D eigenvalue weighted by molar-refractivity contribution is 0.274. The van der Waals surface area contributed by atoms with E-state index in [1.54, 1.807) is 12.1 Å². The van der Waals surface area contributed by atoms with E-state index in [4.69, 9.17) is 9.84 Å². The van der Waals surface area contributed by atoms with Gasteiger partial charge in [-0.1, -0.05) is 12.1 Å². The Labute approximate surface area is 99.9 Å². The normalized spacial score (nSPS) is 10.3. The zero-order chi connectivity index (χ0) is 12.3. The van der Waals surface area contributed by atoms with E-state index < -0.39 is 0 Å². The first kappa shape index (κ1) is 11.5. The summed E-state index contributed by atoms with van der Waals surface area (Å²) in [5.41, 5.74) is 2.70. The first-order chi connectivity index (χ1) is 8.19. The van der Waals surface area contributed by atoms with Crippen molar-refractivity contribution in [2.24, 2.45) is 0 Å². The molecule has 88 valence electrons. The molecule has 1 aromatic carbocycles. The average molecular weight is 230 g/mol. The molecule has 0 amide bonds. The number of aliphatic hydroxyl groups is 1. The van der Waals surface area contributed by atoms with Crippen LogP contribution in [0.2, 0.25) is 0 Å². The van der Waals surface area contributed by atoms with Crippen molar-refractivity contribution in [1.82, 2.24) is 10.2 Å². The summed E-state index contributed by atoms with van der Waals surface area (Å²) in [7, 11) is 0. The fraction of sp³-hybridized carbons (Fsp3) is 0.231. The summed E-state index contributed by atoms with van der Waals surface area (Å²) in [6.07, 6.45) is 0. The fourth-order valence-corrected chi connectivity index (χ4v) is 1.42. The quantitative estimate of drug-likeness (QED) is 0.879. The molecule has 2 rings (SSSR count). The van der Waals surface area contributed by atoms with E-state index in [1.165, 1.54) is 0 Å². The van der Waals surface area contributed by atoms with E-state index in [1.807, 2.05) is 32.0 Å². The van der Waals surface area contributed by atoms with E-state index in [-0.39, 0.29) is 6.61 Å². The molecule has 0 atom stereocenters. The van der Waals surface area contributed by atoms with Crippen molar-refractivity contribution in [2.75, 3.05) is 0 Å². The summed E-state index contributed by atoms with van der Waals surface area (Å²) in [6.45, 7) is 3.87.